The first kappa shape index (κ1) is 12.6. The maximum Gasteiger partial charge on any atom is 0.225 e. The van der Waals surface area contributed by atoms with Crippen LogP contribution in [-0.2, 0) is 4.79 Å². The van der Waals surface area contributed by atoms with Crippen molar-refractivity contribution in [1.82, 2.24) is 14.9 Å². The second-order valence-electron chi connectivity index (χ2n) is 5.80. The third-order valence-electron chi connectivity index (χ3n) is 4.28. The van der Waals surface area contributed by atoms with E-state index in [-0.39, 0.29) is 0 Å². The largest absolute Gasteiger partial charge is 0.352 e. The number of rotatable bonds is 2. The fraction of sp³-hybridized carbons (Fsp3) is 0.438. The number of hydrogen-bond donors (Lipinski definition) is 0. The van der Waals surface area contributed by atoms with Crippen LogP contribution in [0.25, 0.3) is 11.0 Å². The van der Waals surface area contributed by atoms with Crippen molar-refractivity contribution >= 4 is 22.8 Å². The predicted octanol–water partition coefficient (Wildman–Crippen LogP) is 1.69. The summed E-state index contributed by atoms with van der Waals surface area (Å²) in [7, 11) is 0. The van der Waals surface area contributed by atoms with Gasteiger partial charge in [0.05, 0.1) is 17.2 Å². The molecule has 0 spiro atoms. The summed E-state index contributed by atoms with van der Waals surface area (Å²) in [6.45, 7) is 3.27. The molecule has 1 aromatic heterocycles. The van der Waals surface area contributed by atoms with Gasteiger partial charge in [-0.05, 0) is 25.0 Å². The number of nitrogens with zero attached hydrogens (tertiary/aromatic N) is 4. The van der Waals surface area contributed by atoms with Crippen LogP contribution >= 0.6 is 0 Å². The standard InChI is InChI=1S/C16H18N4O/c21-16(12-5-6-12)20-9-7-19(8-10-20)15-11-17-13-3-1-2-4-14(13)18-15/h1-4,11-12H,5-10H2. The Morgan fingerprint density at radius 2 is 1.76 bits per heavy atom. The van der Waals surface area contributed by atoms with E-state index in [9.17, 15) is 4.79 Å². The molecular weight excluding hydrogens is 264 g/mol. The Labute approximate surface area is 123 Å². The summed E-state index contributed by atoms with van der Waals surface area (Å²) in [6, 6.07) is 7.91. The number of hydrogen-bond acceptors (Lipinski definition) is 4. The predicted molar refractivity (Wildman–Crippen MR) is 81.1 cm³/mol. The van der Waals surface area contributed by atoms with Crippen LogP contribution in [0.5, 0.6) is 0 Å². The minimum absolute atomic E-state index is 0.317. The van der Waals surface area contributed by atoms with Crippen LogP contribution < -0.4 is 4.90 Å². The fourth-order valence-corrected chi connectivity index (χ4v) is 2.84. The van der Waals surface area contributed by atoms with Gasteiger partial charge >= 0.3 is 0 Å². The molecule has 4 rings (SSSR count). The van der Waals surface area contributed by atoms with Crippen LogP contribution in [0.15, 0.2) is 30.5 Å². The van der Waals surface area contributed by atoms with E-state index in [1.165, 1.54) is 0 Å². The molecule has 2 heterocycles. The van der Waals surface area contributed by atoms with Crippen LogP contribution in [0.4, 0.5) is 5.82 Å². The highest BCUT2D eigenvalue weighted by Crippen LogP contribution is 2.31. The molecule has 1 aliphatic carbocycles. The van der Waals surface area contributed by atoms with Crippen LogP contribution in [0.1, 0.15) is 12.8 Å². The van der Waals surface area contributed by atoms with E-state index in [1.54, 1.807) is 0 Å². The molecule has 0 N–H and O–H groups in total. The zero-order valence-electron chi connectivity index (χ0n) is 11.9. The van der Waals surface area contributed by atoms with Crippen molar-refractivity contribution in [3.63, 3.8) is 0 Å². The number of aromatic nitrogens is 2. The monoisotopic (exact) mass is 282 g/mol. The molecule has 1 saturated carbocycles. The van der Waals surface area contributed by atoms with E-state index in [0.29, 0.717) is 11.8 Å². The smallest absolute Gasteiger partial charge is 0.225 e. The Balaban J connectivity index is 1.48. The Hall–Kier alpha value is -2.17. The van der Waals surface area contributed by atoms with Crippen molar-refractivity contribution < 1.29 is 4.79 Å². The highest BCUT2D eigenvalue weighted by molar-refractivity contribution is 5.81. The third kappa shape index (κ3) is 2.44. The number of anilines is 1. The van der Waals surface area contributed by atoms with E-state index in [0.717, 1.165) is 55.9 Å². The summed E-state index contributed by atoms with van der Waals surface area (Å²) < 4.78 is 0. The van der Waals surface area contributed by atoms with Crippen molar-refractivity contribution in [3.8, 4) is 0 Å². The molecule has 5 heteroatoms. The number of para-hydroxylation sites is 2. The second kappa shape index (κ2) is 4.98. The van der Waals surface area contributed by atoms with Crippen LogP contribution in [-0.4, -0.2) is 47.0 Å². The molecule has 2 fully saturated rings. The molecule has 1 aliphatic heterocycles. The highest BCUT2D eigenvalue weighted by atomic mass is 16.2. The lowest BCUT2D eigenvalue weighted by Crippen LogP contribution is -2.49. The molecule has 108 valence electrons. The van der Waals surface area contributed by atoms with Crippen molar-refractivity contribution in [1.29, 1.82) is 0 Å². The van der Waals surface area contributed by atoms with Gasteiger partial charge in [-0.1, -0.05) is 12.1 Å². The van der Waals surface area contributed by atoms with Crippen LogP contribution in [0.3, 0.4) is 0 Å². The maximum atomic E-state index is 12.1. The molecule has 5 nitrogen and oxygen atoms in total. The van der Waals surface area contributed by atoms with E-state index in [1.807, 2.05) is 35.4 Å². The number of amides is 1. The molecule has 2 aromatic rings. The molecule has 2 aliphatic rings. The third-order valence-corrected chi connectivity index (χ3v) is 4.28. The van der Waals surface area contributed by atoms with Crippen molar-refractivity contribution in [2.45, 2.75) is 12.8 Å². The first-order valence-electron chi connectivity index (χ1n) is 7.57. The van der Waals surface area contributed by atoms with E-state index < -0.39 is 0 Å². The topological polar surface area (TPSA) is 49.3 Å². The molecular formula is C16H18N4O. The van der Waals surface area contributed by atoms with Gasteiger partial charge in [0, 0.05) is 32.1 Å². The van der Waals surface area contributed by atoms with Crippen molar-refractivity contribution in [2.24, 2.45) is 5.92 Å². The molecule has 0 radical (unpaired) electrons. The van der Waals surface area contributed by atoms with Gasteiger partial charge in [0.2, 0.25) is 5.91 Å². The highest BCUT2D eigenvalue weighted by Gasteiger charge is 2.34. The fourth-order valence-electron chi connectivity index (χ4n) is 2.84. The number of fused-ring (bicyclic) bond motifs is 1. The summed E-state index contributed by atoms with van der Waals surface area (Å²) in [5.74, 6) is 1.57. The van der Waals surface area contributed by atoms with E-state index in [2.05, 4.69) is 14.9 Å². The van der Waals surface area contributed by atoms with Gasteiger partial charge in [-0.2, -0.15) is 0 Å². The lowest BCUT2D eigenvalue weighted by atomic mass is 10.2. The normalized spacial score (nSPS) is 19.0. The lowest BCUT2D eigenvalue weighted by Gasteiger charge is -2.35. The molecule has 0 unspecified atom stereocenters. The minimum Gasteiger partial charge on any atom is -0.352 e. The van der Waals surface area contributed by atoms with Gasteiger partial charge in [-0.15, -0.1) is 0 Å². The summed E-state index contributed by atoms with van der Waals surface area (Å²) in [5.41, 5.74) is 1.84. The van der Waals surface area contributed by atoms with Gasteiger partial charge in [-0.25, -0.2) is 4.98 Å². The molecule has 1 saturated heterocycles. The van der Waals surface area contributed by atoms with Gasteiger partial charge in [0.15, 0.2) is 0 Å². The summed E-state index contributed by atoms with van der Waals surface area (Å²) in [4.78, 5) is 25.4. The van der Waals surface area contributed by atoms with Crippen molar-refractivity contribution in [3.05, 3.63) is 30.5 Å². The first-order valence-corrected chi connectivity index (χ1v) is 7.57. The molecule has 21 heavy (non-hydrogen) atoms. The minimum atomic E-state index is 0.317. The molecule has 0 atom stereocenters. The SMILES string of the molecule is O=C(C1CC1)N1CCN(c2cnc3ccccc3n2)CC1. The number of carbonyl (C=O) groups excluding carboxylic acids is 1. The van der Waals surface area contributed by atoms with Gasteiger partial charge in [0.25, 0.3) is 0 Å². The summed E-state index contributed by atoms with van der Waals surface area (Å²) in [6.07, 6.45) is 3.99. The molecule has 0 bridgehead atoms. The lowest BCUT2D eigenvalue weighted by molar-refractivity contribution is -0.132. The van der Waals surface area contributed by atoms with Crippen molar-refractivity contribution in [2.75, 3.05) is 31.1 Å². The maximum absolute atomic E-state index is 12.1. The quantitative estimate of drug-likeness (QED) is 0.841. The van der Waals surface area contributed by atoms with E-state index >= 15 is 0 Å². The number of carbonyl (C=O) groups is 1. The van der Waals surface area contributed by atoms with Gasteiger partial charge in [-0.3, -0.25) is 9.78 Å². The number of piperazine rings is 1. The van der Waals surface area contributed by atoms with Crippen LogP contribution in [0.2, 0.25) is 0 Å². The summed E-state index contributed by atoms with van der Waals surface area (Å²) in [5, 5.41) is 0. The Bertz CT molecular complexity index is 675. The van der Waals surface area contributed by atoms with Gasteiger partial charge in [0.1, 0.15) is 5.82 Å². The Kier molecular flexibility index (Phi) is 2.98. The Morgan fingerprint density at radius 3 is 2.48 bits per heavy atom. The second-order valence-corrected chi connectivity index (χ2v) is 5.80. The Morgan fingerprint density at radius 1 is 1.05 bits per heavy atom. The molecule has 1 aromatic carbocycles. The first-order chi connectivity index (χ1) is 10.3. The zero-order valence-corrected chi connectivity index (χ0v) is 11.9. The average molecular weight is 282 g/mol. The van der Waals surface area contributed by atoms with E-state index in [4.69, 9.17) is 0 Å². The molecule has 1 amide bonds. The zero-order chi connectivity index (χ0) is 14.2. The average Bonchev–Trinajstić information content (AvgIpc) is 3.39. The van der Waals surface area contributed by atoms with Gasteiger partial charge < -0.3 is 9.80 Å². The summed E-state index contributed by atoms with van der Waals surface area (Å²) >= 11 is 0. The number of benzene rings is 1. The van der Waals surface area contributed by atoms with Crippen LogP contribution in [0, 0.1) is 5.92 Å².